The Bertz CT molecular complexity index is 393. The molecule has 2 rings (SSSR count). The van der Waals surface area contributed by atoms with Gasteiger partial charge in [0.2, 0.25) is 0 Å². The van der Waals surface area contributed by atoms with Crippen molar-refractivity contribution in [3.05, 3.63) is 34.1 Å². The molecule has 2 atom stereocenters. The highest BCUT2D eigenvalue weighted by Crippen LogP contribution is 2.27. The largest absolute Gasteiger partial charge is 0.378 e. The highest BCUT2D eigenvalue weighted by atomic mass is 79.9. The lowest BCUT2D eigenvalue weighted by atomic mass is 9.97. The van der Waals surface area contributed by atoms with Gasteiger partial charge in [-0.1, -0.05) is 12.1 Å². The van der Waals surface area contributed by atoms with Crippen molar-refractivity contribution >= 4 is 15.9 Å². The molecule has 1 aromatic rings. The molecule has 100 valence electrons. The van der Waals surface area contributed by atoms with Gasteiger partial charge in [-0.15, -0.1) is 0 Å². The second-order valence-corrected chi connectivity index (χ2v) is 5.67. The number of rotatable bonds is 4. The predicted octanol–water partition coefficient (Wildman–Crippen LogP) is 3.94. The number of ether oxygens (including phenoxy) is 1. The minimum Gasteiger partial charge on any atom is -0.378 e. The van der Waals surface area contributed by atoms with Crippen LogP contribution in [0.3, 0.4) is 0 Å². The molecule has 4 heteroatoms. The molecule has 1 fully saturated rings. The van der Waals surface area contributed by atoms with Crippen LogP contribution in [0.4, 0.5) is 4.39 Å². The third kappa shape index (κ3) is 3.53. The summed E-state index contributed by atoms with van der Waals surface area (Å²) in [5.74, 6) is -0.241. The summed E-state index contributed by atoms with van der Waals surface area (Å²) in [4.78, 5) is 0. The molecule has 1 aliphatic rings. The first kappa shape index (κ1) is 14.0. The molecule has 0 bridgehead atoms. The Kier molecular flexibility index (Phi) is 5.15. The van der Waals surface area contributed by atoms with Gasteiger partial charge in [-0.25, -0.2) is 4.39 Å². The zero-order chi connectivity index (χ0) is 13.0. The zero-order valence-corrected chi connectivity index (χ0v) is 12.0. The van der Waals surface area contributed by atoms with E-state index in [1.165, 1.54) is 6.42 Å². The average Bonchev–Trinajstić information content (AvgIpc) is 2.40. The normalized spacial score (nSPS) is 21.8. The Labute approximate surface area is 116 Å². The van der Waals surface area contributed by atoms with E-state index in [1.807, 2.05) is 6.07 Å². The maximum Gasteiger partial charge on any atom is 0.142 e. The van der Waals surface area contributed by atoms with Gasteiger partial charge in [0.1, 0.15) is 5.82 Å². The molecule has 1 saturated heterocycles. The third-order valence-electron chi connectivity index (χ3n) is 3.45. The lowest BCUT2D eigenvalue weighted by Crippen LogP contribution is -2.21. The van der Waals surface area contributed by atoms with Crippen molar-refractivity contribution in [1.82, 2.24) is 0 Å². The fraction of sp³-hybridized carbons (Fsp3) is 0.571. The van der Waals surface area contributed by atoms with Crippen LogP contribution in [0.1, 0.15) is 43.7 Å². The quantitative estimate of drug-likeness (QED) is 0.913. The zero-order valence-electron chi connectivity index (χ0n) is 10.4. The predicted molar refractivity (Wildman–Crippen MR) is 73.9 cm³/mol. The Morgan fingerprint density at radius 3 is 3.00 bits per heavy atom. The molecule has 0 saturated carbocycles. The van der Waals surface area contributed by atoms with Crippen molar-refractivity contribution in [3.8, 4) is 0 Å². The lowest BCUT2D eigenvalue weighted by molar-refractivity contribution is 0.00907. The van der Waals surface area contributed by atoms with Crippen molar-refractivity contribution in [3.63, 3.8) is 0 Å². The van der Waals surface area contributed by atoms with E-state index in [4.69, 9.17) is 10.5 Å². The summed E-state index contributed by atoms with van der Waals surface area (Å²) in [6.07, 6.45) is 5.47. The van der Waals surface area contributed by atoms with E-state index in [2.05, 4.69) is 15.9 Å². The summed E-state index contributed by atoms with van der Waals surface area (Å²) < 4.78 is 20.0. The first-order valence-electron chi connectivity index (χ1n) is 6.49. The molecule has 18 heavy (non-hydrogen) atoms. The highest BCUT2D eigenvalue weighted by molar-refractivity contribution is 9.10. The summed E-state index contributed by atoms with van der Waals surface area (Å²) >= 11 is 3.19. The van der Waals surface area contributed by atoms with Gasteiger partial charge in [0.05, 0.1) is 10.6 Å². The van der Waals surface area contributed by atoms with Crippen molar-refractivity contribution in [2.75, 3.05) is 6.61 Å². The molecule has 2 unspecified atom stereocenters. The van der Waals surface area contributed by atoms with Gasteiger partial charge in [-0.3, -0.25) is 0 Å². The van der Waals surface area contributed by atoms with Gasteiger partial charge >= 0.3 is 0 Å². The van der Waals surface area contributed by atoms with Crippen LogP contribution in [0.2, 0.25) is 0 Å². The Morgan fingerprint density at radius 2 is 2.28 bits per heavy atom. The number of hydrogen-bond donors (Lipinski definition) is 1. The monoisotopic (exact) mass is 315 g/mol. The second kappa shape index (κ2) is 6.64. The van der Waals surface area contributed by atoms with Crippen LogP contribution in [0.25, 0.3) is 0 Å². The summed E-state index contributed by atoms with van der Waals surface area (Å²) in [7, 11) is 0. The van der Waals surface area contributed by atoms with E-state index in [1.54, 1.807) is 12.1 Å². The van der Waals surface area contributed by atoms with Crippen LogP contribution in [0, 0.1) is 5.82 Å². The van der Waals surface area contributed by atoms with E-state index in [-0.39, 0.29) is 11.9 Å². The van der Waals surface area contributed by atoms with E-state index in [9.17, 15) is 4.39 Å². The Balaban J connectivity index is 1.90. The summed E-state index contributed by atoms with van der Waals surface area (Å²) in [5, 5.41) is 0. The lowest BCUT2D eigenvalue weighted by Gasteiger charge is -2.24. The van der Waals surface area contributed by atoms with Gasteiger partial charge in [-0.05, 0) is 54.1 Å². The second-order valence-electron chi connectivity index (χ2n) is 4.82. The van der Waals surface area contributed by atoms with Gasteiger partial charge < -0.3 is 10.5 Å². The summed E-state index contributed by atoms with van der Waals surface area (Å²) in [5.41, 5.74) is 6.65. The molecule has 0 aromatic heterocycles. The first-order valence-corrected chi connectivity index (χ1v) is 7.29. The molecule has 1 aliphatic heterocycles. The molecule has 0 aliphatic carbocycles. The van der Waals surface area contributed by atoms with Crippen LogP contribution in [0.5, 0.6) is 0 Å². The van der Waals surface area contributed by atoms with Gasteiger partial charge in [0.25, 0.3) is 0 Å². The van der Waals surface area contributed by atoms with Crippen molar-refractivity contribution in [2.24, 2.45) is 5.73 Å². The third-order valence-corrected chi connectivity index (χ3v) is 4.07. The molecule has 0 spiro atoms. The van der Waals surface area contributed by atoms with E-state index in [0.717, 1.165) is 32.3 Å². The summed E-state index contributed by atoms with van der Waals surface area (Å²) in [6.45, 7) is 0.852. The number of halogens is 2. The van der Waals surface area contributed by atoms with Crippen LogP contribution in [-0.4, -0.2) is 12.7 Å². The fourth-order valence-corrected chi connectivity index (χ4v) is 2.74. The van der Waals surface area contributed by atoms with Crippen LogP contribution >= 0.6 is 15.9 Å². The molecule has 1 aromatic carbocycles. The first-order chi connectivity index (χ1) is 8.68. The number of hydrogen-bond acceptors (Lipinski definition) is 2. The standard InChI is InChI=1S/C14H19BrFNO/c15-12-6-3-5-11(14(12)16)13(17)8-7-10-4-1-2-9-18-10/h3,5-6,10,13H,1-2,4,7-9,17H2. The minimum absolute atomic E-state index is 0.241. The minimum atomic E-state index is -0.256. The molecule has 2 nitrogen and oxygen atoms in total. The Hall–Kier alpha value is -0.450. The van der Waals surface area contributed by atoms with E-state index < -0.39 is 0 Å². The topological polar surface area (TPSA) is 35.2 Å². The van der Waals surface area contributed by atoms with Gasteiger partial charge in [0, 0.05) is 18.2 Å². The smallest absolute Gasteiger partial charge is 0.142 e. The van der Waals surface area contributed by atoms with Crippen LogP contribution in [0.15, 0.2) is 22.7 Å². The maximum atomic E-state index is 13.9. The highest BCUT2D eigenvalue weighted by Gasteiger charge is 2.18. The van der Waals surface area contributed by atoms with Gasteiger partial charge in [0.15, 0.2) is 0 Å². The summed E-state index contributed by atoms with van der Waals surface area (Å²) in [6, 6.07) is 5.01. The molecular weight excluding hydrogens is 297 g/mol. The number of nitrogens with two attached hydrogens (primary N) is 1. The molecule has 0 amide bonds. The van der Waals surface area contributed by atoms with Crippen LogP contribution < -0.4 is 5.73 Å². The van der Waals surface area contributed by atoms with Crippen molar-refractivity contribution in [1.29, 1.82) is 0 Å². The fourth-order valence-electron chi connectivity index (χ4n) is 2.36. The van der Waals surface area contributed by atoms with Crippen molar-refractivity contribution < 1.29 is 9.13 Å². The average molecular weight is 316 g/mol. The molecule has 2 N–H and O–H groups in total. The molecule has 1 heterocycles. The van der Waals surface area contributed by atoms with Gasteiger partial charge in [-0.2, -0.15) is 0 Å². The SMILES string of the molecule is NC(CCC1CCCCO1)c1cccc(Br)c1F. The van der Waals surface area contributed by atoms with Crippen LogP contribution in [-0.2, 0) is 4.74 Å². The van der Waals surface area contributed by atoms with Crippen molar-refractivity contribution in [2.45, 2.75) is 44.2 Å². The Morgan fingerprint density at radius 1 is 1.44 bits per heavy atom. The number of benzene rings is 1. The van der Waals surface area contributed by atoms with E-state index in [0.29, 0.717) is 16.1 Å². The van der Waals surface area contributed by atoms with E-state index >= 15 is 0 Å². The maximum absolute atomic E-state index is 13.9. The molecular formula is C14H19BrFNO. The molecule has 0 radical (unpaired) electrons.